The molecule has 0 amide bonds. The van der Waals surface area contributed by atoms with E-state index in [0.29, 0.717) is 0 Å². The number of benzene rings is 1. The Morgan fingerprint density at radius 1 is 1.04 bits per heavy atom. The van der Waals surface area contributed by atoms with Crippen LogP contribution in [-0.4, -0.2) is 62.8 Å². The molecule has 4 nitrogen and oxygen atoms in total. The minimum atomic E-state index is 0.826. The quantitative estimate of drug-likeness (QED) is 0.633. The van der Waals surface area contributed by atoms with E-state index in [2.05, 4.69) is 28.0 Å². The molecule has 1 saturated carbocycles. The third-order valence-corrected chi connectivity index (χ3v) is 6.51. The molecule has 2 aliphatic heterocycles. The van der Waals surface area contributed by atoms with Crippen molar-refractivity contribution in [1.29, 1.82) is 0 Å². The standard InChI is InChI=1S/C22H34N2O2/c1-25-19-8-5-7-18(13-19)14-24-15-20-21(16-24)22(20)17-26-12-6-11-23-9-3-2-4-10-23/h5,7-8,13,20-22H,2-4,6,9-12,14-17H2,1H3/t20-,21+,22?. The molecule has 26 heavy (non-hydrogen) atoms. The van der Waals surface area contributed by atoms with Crippen LogP contribution >= 0.6 is 0 Å². The molecule has 0 spiro atoms. The second-order valence-corrected chi connectivity index (χ2v) is 8.37. The summed E-state index contributed by atoms with van der Waals surface area (Å²) in [4.78, 5) is 5.20. The van der Waals surface area contributed by atoms with Gasteiger partial charge in [-0.15, -0.1) is 0 Å². The van der Waals surface area contributed by atoms with Gasteiger partial charge in [0.25, 0.3) is 0 Å². The highest BCUT2D eigenvalue weighted by Gasteiger charge is 2.55. The fourth-order valence-electron chi connectivity index (χ4n) is 4.93. The van der Waals surface area contributed by atoms with Gasteiger partial charge in [0.2, 0.25) is 0 Å². The van der Waals surface area contributed by atoms with Gasteiger partial charge in [0.1, 0.15) is 5.75 Å². The Balaban J connectivity index is 1.09. The zero-order valence-corrected chi connectivity index (χ0v) is 16.2. The molecule has 3 fully saturated rings. The van der Waals surface area contributed by atoms with Gasteiger partial charge in [0.05, 0.1) is 13.7 Å². The molecule has 1 unspecified atom stereocenters. The van der Waals surface area contributed by atoms with Crippen LogP contribution in [0.2, 0.25) is 0 Å². The van der Waals surface area contributed by atoms with Crippen molar-refractivity contribution in [3.8, 4) is 5.75 Å². The summed E-state index contributed by atoms with van der Waals surface area (Å²) in [5.74, 6) is 3.54. The molecule has 0 bridgehead atoms. The summed E-state index contributed by atoms with van der Waals surface area (Å²) in [5, 5.41) is 0. The first-order chi connectivity index (χ1) is 12.8. The SMILES string of the molecule is COc1cccc(CN2C[C@@H]3C(COCCCN4CCCCC4)[C@@H]3C2)c1. The maximum atomic E-state index is 6.01. The minimum Gasteiger partial charge on any atom is -0.497 e. The van der Waals surface area contributed by atoms with Crippen LogP contribution < -0.4 is 4.74 Å². The molecule has 0 N–H and O–H groups in total. The van der Waals surface area contributed by atoms with Crippen molar-refractivity contribution in [3.05, 3.63) is 29.8 Å². The fourth-order valence-corrected chi connectivity index (χ4v) is 4.93. The van der Waals surface area contributed by atoms with Gasteiger partial charge in [-0.2, -0.15) is 0 Å². The smallest absolute Gasteiger partial charge is 0.119 e. The lowest BCUT2D eigenvalue weighted by Crippen LogP contribution is -2.31. The van der Waals surface area contributed by atoms with Crippen LogP contribution in [-0.2, 0) is 11.3 Å². The van der Waals surface area contributed by atoms with Crippen LogP contribution in [0.5, 0.6) is 5.75 Å². The number of likely N-dealkylation sites (tertiary alicyclic amines) is 2. The first-order valence-electron chi connectivity index (χ1n) is 10.5. The summed E-state index contributed by atoms with van der Waals surface area (Å²) in [6.07, 6.45) is 5.40. The second kappa shape index (κ2) is 8.73. The van der Waals surface area contributed by atoms with Crippen molar-refractivity contribution < 1.29 is 9.47 Å². The molecule has 3 aliphatic rings. The molecule has 1 aromatic carbocycles. The van der Waals surface area contributed by atoms with Crippen LogP contribution in [0.4, 0.5) is 0 Å². The molecule has 4 rings (SSSR count). The monoisotopic (exact) mass is 358 g/mol. The van der Waals surface area contributed by atoms with E-state index in [-0.39, 0.29) is 0 Å². The van der Waals surface area contributed by atoms with Crippen molar-refractivity contribution >= 4 is 0 Å². The van der Waals surface area contributed by atoms with Crippen LogP contribution in [0.3, 0.4) is 0 Å². The summed E-state index contributed by atoms with van der Waals surface area (Å²) < 4.78 is 11.3. The van der Waals surface area contributed by atoms with Crippen molar-refractivity contribution in [2.24, 2.45) is 17.8 Å². The number of methoxy groups -OCH3 is 1. The molecule has 4 heteroatoms. The normalized spacial score (nSPS) is 28.9. The first kappa shape index (κ1) is 18.3. The maximum absolute atomic E-state index is 6.01. The van der Waals surface area contributed by atoms with Gasteiger partial charge in [-0.3, -0.25) is 4.90 Å². The number of piperidine rings is 2. The Morgan fingerprint density at radius 2 is 1.85 bits per heavy atom. The largest absolute Gasteiger partial charge is 0.497 e. The van der Waals surface area contributed by atoms with Gasteiger partial charge >= 0.3 is 0 Å². The topological polar surface area (TPSA) is 24.9 Å². The van der Waals surface area contributed by atoms with Gasteiger partial charge in [0.15, 0.2) is 0 Å². The van der Waals surface area contributed by atoms with Gasteiger partial charge < -0.3 is 14.4 Å². The molecule has 3 atom stereocenters. The average molecular weight is 359 g/mol. The Kier molecular flexibility index (Phi) is 6.13. The number of nitrogens with zero attached hydrogens (tertiary/aromatic N) is 2. The van der Waals surface area contributed by atoms with E-state index in [1.54, 1.807) is 7.11 Å². The Bertz CT molecular complexity index is 561. The average Bonchev–Trinajstić information content (AvgIpc) is 3.13. The summed E-state index contributed by atoms with van der Waals surface area (Å²) >= 11 is 0. The van der Waals surface area contributed by atoms with Gasteiger partial charge in [-0.05, 0) is 67.8 Å². The van der Waals surface area contributed by atoms with E-state index in [9.17, 15) is 0 Å². The van der Waals surface area contributed by atoms with Crippen LogP contribution in [0.25, 0.3) is 0 Å². The van der Waals surface area contributed by atoms with E-state index in [1.165, 1.54) is 64.0 Å². The van der Waals surface area contributed by atoms with Crippen molar-refractivity contribution in [2.45, 2.75) is 32.2 Å². The zero-order valence-electron chi connectivity index (χ0n) is 16.2. The number of ether oxygens (including phenoxy) is 2. The number of rotatable bonds is 9. The molecule has 1 aliphatic carbocycles. The molecular formula is C22H34N2O2. The summed E-state index contributed by atoms with van der Waals surface area (Å²) in [5.41, 5.74) is 1.36. The second-order valence-electron chi connectivity index (χ2n) is 8.37. The Morgan fingerprint density at radius 3 is 2.62 bits per heavy atom. The molecule has 2 heterocycles. The highest BCUT2D eigenvalue weighted by Crippen LogP contribution is 2.52. The zero-order chi connectivity index (χ0) is 17.8. The number of hydrogen-bond acceptors (Lipinski definition) is 4. The molecule has 0 aromatic heterocycles. The lowest BCUT2D eigenvalue weighted by atomic mass is 10.1. The third-order valence-electron chi connectivity index (χ3n) is 6.51. The minimum absolute atomic E-state index is 0.826. The molecule has 1 aromatic rings. The van der Waals surface area contributed by atoms with E-state index < -0.39 is 0 Å². The van der Waals surface area contributed by atoms with Crippen LogP contribution in [0.15, 0.2) is 24.3 Å². The predicted molar refractivity (Wildman–Crippen MR) is 104 cm³/mol. The van der Waals surface area contributed by atoms with Crippen molar-refractivity contribution in [1.82, 2.24) is 9.80 Å². The maximum Gasteiger partial charge on any atom is 0.119 e. The lowest BCUT2D eigenvalue weighted by molar-refractivity contribution is 0.0967. The van der Waals surface area contributed by atoms with E-state index in [0.717, 1.165) is 43.3 Å². The third kappa shape index (κ3) is 4.59. The molecule has 2 saturated heterocycles. The van der Waals surface area contributed by atoms with Gasteiger partial charge in [0, 0.05) is 32.8 Å². The van der Waals surface area contributed by atoms with Gasteiger partial charge in [-0.1, -0.05) is 18.6 Å². The van der Waals surface area contributed by atoms with Crippen molar-refractivity contribution in [2.75, 3.05) is 53.0 Å². The van der Waals surface area contributed by atoms with Crippen LogP contribution in [0, 0.1) is 17.8 Å². The van der Waals surface area contributed by atoms with Crippen LogP contribution in [0.1, 0.15) is 31.2 Å². The number of hydrogen-bond donors (Lipinski definition) is 0. The Labute approximate surface area is 158 Å². The predicted octanol–water partition coefficient (Wildman–Crippen LogP) is 3.27. The molecular weight excluding hydrogens is 324 g/mol. The Hall–Kier alpha value is -1.10. The number of fused-ring (bicyclic) bond motifs is 1. The van der Waals surface area contributed by atoms with Gasteiger partial charge in [-0.25, -0.2) is 0 Å². The highest BCUT2D eigenvalue weighted by molar-refractivity contribution is 5.28. The highest BCUT2D eigenvalue weighted by atomic mass is 16.5. The fraction of sp³-hybridized carbons (Fsp3) is 0.727. The van der Waals surface area contributed by atoms with E-state index in [1.807, 2.05) is 6.07 Å². The molecule has 0 radical (unpaired) electrons. The molecule has 144 valence electrons. The first-order valence-corrected chi connectivity index (χ1v) is 10.5. The van der Waals surface area contributed by atoms with E-state index in [4.69, 9.17) is 9.47 Å². The van der Waals surface area contributed by atoms with Crippen molar-refractivity contribution in [3.63, 3.8) is 0 Å². The lowest BCUT2D eigenvalue weighted by Gasteiger charge is -2.26. The van der Waals surface area contributed by atoms with E-state index >= 15 is 0 Å². The summed E-state index contributed by atoms with van der Waals surface area (Å²) in [7, 11) is 1.74. The summed E-state index contributed by atoms with van der Waals surface area (Å²) in [6, 6.07) is 8.47. The summed E-state index contributed by atoms with van der Waals surface area (Å²) in [6.45, 7) is 9.29.